The lowest BCUT2D eigenvalue weighted by molar-refractivity contribution is -0.387. The smallest absolute Gasteiger partial charge is 0.306 e. The number of hydrogen-bond acceptors (Lipinski definition) is 4. The number of benzene rings is 2. The van der Waals surface area contributed by atoms with Crippen molar-refractivity contribution in [1.29, 1.82) is 0 Å². The molecule has 0 aliphatic rings. The maximum Gasteiger partial charge on any atom is 0.306 e. The number of nitro groups is 1. The van der Waals surface area contributed by atoms with Gasteiger partial charge in [-0.2, -0.15) is 4.39 Å². The predicted molar refractivity (Wildman–Crippen MR) is 85.1 cm³/mol. The lowest BCUT2D eigenvalue weighted by Gasteiger charge is -2.03. The van der Waals surface area contributed by atoms with Crippen LogP contribution in [0.25, 0.3) is 11.3 Å². The highest BCUT2D eigenvalue weighted by Crippen LogP contribution is 2.25. The number of nitro benzene ring substituents is 1. The van der Waals surface area contributed by atoms with Gasteiger partial charge in [-0.3, -0.25) is 14.9 Å². The third kappa shape index (κ3) is 3.52. The van der Waals surface area contributed by atoms with Crippen molar-refractivity contribution >= 4 is 17.3 Å². The third-order valence-corrected chi connectivity index (χ3v) is 3.36. The van der Waals surface area contributed by atoms with Crippen molar-refractivity contribution < 1.29 is 22.9 Å². The van der Waals surface area contributed by atoms with Crippen molar-refractivity contribution in [3.63, 3.8) is 0 Å². The molecule has 1 aromatic heterocycles. The molecule has 0 aliphatic carbocycles. The van der Waals surface area contributed by atoms with Gasteiger partial charge >= 0.3 is 5.69 Å². The molecule has 0 fully saturated rings. The first kappa shape index (κ1) is 16.3. The van der Waals surface area contributed by atoms with Crippen molar-refractivity contribution in [3.05, 3.63) is 82.1 Å². The number of nitrogens with one attached hydrogen (secondary N) is 1. The fourth-order valence-corrected chi connectivity index (χ4v) is 2.15. The first-order chi connectivity index (χ1) is 11.9. The molecule has 3 rings (SSSR count). The Kier molecular flexibility index (Phi) is 4.25. The van der Waals surface area contributed by atoms with Gasteiger partial charge < -0.3 is 9.73 Å². The summed E-state index contributed by atoms with van der Waals surface area (Å²) in [5.41, 5.74) is -0.111. The molecule has 8 heteroatoms. The predicted octanol–water partition coefficient (Wildman–Crippen LogP) is 4.39. The van der Waals surface area contributed by atoms with Crippen LogP contribution in [-0.4, -0.2) is 10.8 Å². The Morgan fingerprint density at radius 3 is 2.44 bits per heavy atom. The number of amides is 1. The number of anilines is 1. The zero-order valence-corrected chi connectivity index (χ0v) is 12.5. The minimum absolute atomic E-state index is 0.0497. The van der Waals surface area contributed by atoms with Crippen LogP contribution in [-0.2, 0) is 0 Å². The molecule has 25 heavy (non-hydrogen) atoms. The van der Waals surface area contributed by atoms with Crippen molar-refractivity contribution in [2.75, 3.05) is 5.32 Å². The molecule has 0 radical (unpaired) electrons. The molecule has 126 valence electrons. The van der Waals surface area contributed by atoms with E-state index in [1.165, 1.54) is 42.5 Å². The van der Waals surface area contributed by atoms with Gasteiger partial charge in [-0.05, 0) is 48.5 Å². The highest BCUT2D eigenvalue weighted by molar-refractivity contribution is 6.02. The Morgan fingerprint density at radius 2 is 1.76 bits per heavy atom. The van der Waals surface area contributed by atoms with Crippen LogP contribution in [0, 0.1) is 21.7 Å². The molecule has 0 aliphatic heterocycles. The highest BCUT2D eigenvalue weighted by Gasteiger charge is 2.17. The van der Waals surface area contributed by atoms with Crippen LogP contribution in [0.1, 0.15) is 10.6 Å². The van der Waals surface area contributed by atoms with Crippen molar-refractivity contribution in [2.24, 2.45) is 0 Å². The van der Waals surface area contributed by atoms with E-state index in [0.29, 0.717) is 11.3 Å². The van der Waals surface area contributed by atoms with Crippen LogP contribution >= 0.6 is 0 Å². The molecule has 1 amide bonds. The molecule has 0 spiro atoms. The van der Waals surface area contributed by atoms with Crippen molar-refractivity contribution in [3.8, 4) is 11.3 Å². The zero-order chi connectivity index (χ0) is 18.0. The largest absolute Gasteiger partial charge is 0.451 e. The first-order valence-electron chi connectivity index (χ1n) is 7.05. The summed E-state index contributed by atoms with van der Waals surface area (Å²) in [6.45, 7) is 0. The molecule has 0 unspecified atom stereocenters. The summed E-state index contributed by atoms with van der Waals surface area (Å²) < 4.78 is 31.6. The molecular weight excluding hydrogens is 334 g/mol. The first-order valence-corrected chi connectivity index (χ1v) is 7.05. The maximum atomic E-state index is 13.3. The van der Waals surface area contributed by atoms with Crippen LogP contribution in [0.15, 0.2) is 59.0 Å². The van der Waals surface area contributed by atoms with E-state index in [0.717, 1.165) is 12.1 Å². The number of nitrogens with zero attached hydrogens (tertiary/aromatic N) is 1. The quantitative estimate of drug-likeness (QED) is 0.562. The Morgan fingerprint density at radius 1 is 1.04 bits per heavy atom. The van der Waals surface area contributed by atoms with E-state index in [4.69, 9.17) is 4.42 Å². The Labute approximate surface area is 139 Å². The monoisotopic (exact) mass is 344 g/mol. The van der Waals surface area contributed by atoms with E-state index in [1.54, 1.807) is 0 Å². The molecule has 0 saturated heterocycles. The molecule has 1 heterocycles. The average molecular weight is 344 g/mol. The molecular formula is C17H10F2N2O4. The Balaban J connectivity index is 1.79. The SMILES string of the molecule is O=C(Nc1ccc(F)c([N+](=O)[O-])c1)c1ccc(-c2ccc(F)cc2)o1. The van der Waals surface area contributed by atoms with E-state index < -0.39 is 28.2 Å². The van der Waals surface area contributed by atoms with Crippen molar-refractivity contribution in [2.45, 2.75) is 0 Å². The van der Waals surface area contributed by atoms with Gasteiger partial charge in [0.1, 0.15) is 11.6 Å². The molecule has 2 aromatic carbocycles. The van der Waals surface area contributed by atoms with E-state index in [2.05, 4.69) is 5.32 Å². The third-order valence-electron chi connectivity index (χ3n) is 3.36. The van der Waals surface area contributed by atoms with Crippen LogP contribution < -0.4 is 5.32 Å². The molecule has 0 saturated carbocycles. The zero-order valence-electron chi connectivity index (χ0n) is 12.5. The number of rotatable bonds is 4. The topological polar surface area (TPSA) is 85.4 Å². The van der Waals surface area contributed by atoms with Gasteiger partial charge in [0.05, 0.1) is 4.92 Å². The van der Waals surface area contributed by atoms with E-state index >= 15 is 0 Å². The van der Waals surface area contributed by atoms with Gasteiger partial charge in [0, 0.05) is 17.3 Å². The van der Waals surface area contributed by atoms with Gasteiger partial charge in [0.25, 0.3) is 5.91 Å². The highest BCUT2D eigenvalue weighted by atomic mass is 19.1. The van der Waals surface area contributed by atoms with Gasteiger partial charge in [0.15, 0.2) is 5.76 Å². The lowest BCUT2D eigenvalue weighted by atomic mass is 10.2. The van der Waals surface area contributed by atoms with Crippen LogP contribution in [0.4, 0.5) is 20.2 Å². The minimum atomic E-state index is -1.00. The number of halogens is 2. The molecule has 0 atom stereocenters. The Bertz CT molecular complexity index is 952. The van der Waals surface area contributed by atoms with E-state index in [9.17, 15) is 23.7 Å². The van der Waals surface area contributed by atoms with Gasteiger partial charge in [-0.15, -0.1) is 0 Å². The van der Waals surface area contributed by atoms with Crippen LogP contribution in [0.3, 0.4) is 0 Å². The molecule has 6 nitrogen and oxygen atoms in total. The number of carbonyl (C=O) groups is 1. The average Bonchev–Trinajstić information content (AvgIpc) is 3.07. The molecule has 3 aromatic rings. The van der Waals surface area contributed by atoms with Gasteiger partial charge in [0.2, 0.25) is 5.82 Å². The summed E-state index contributed by atoms with van der Waals surface area (Å²) in [6.07, 6.45) is 0. The Hall–Kier alpha value is -3.55. The summed E-state index contributed by atoms with van der Waals surface area (Å²) in [6, 6.07) is 11.5. The lowest BCUT2D eigenvalue weighted by Crippen LogP contribution is -2.11. The number of hydrogen-bond donors (Lipinski definition) is 1. The summed E-state index contributed by atoms with van der Waals surface area (Å²) in [4.78, 5) is 22.0. The summed E-state index contributed by atoms with van der Waals surface area (Å²) >= 11 is 0. The van der Waals surface area contributed by atoms with Gasteiger partial charge in [-0.1, -0.05) is 0 Å². The summed E-state index contributed by atoms with van der Waals surface area (Å²) in [7, 11) is 0. The summed E-state index contributed by atoms with van der Waals surface area (Å²) in [5, 5.41) is 13.1. The fraction of sp³-hybridized carbons (Fsp3) is 0. The minimum Gasteiger partial charge on any atom is -0.451 e. The van der Waals surface area contributed by atoms with Crippen LogP contribution in [0.5, 0.6) is 0 Å². The second kappa shape index (κ2) is 6.52. The second-order valence-electron chi connectivity index (χ2n) is 5.05. The van der Waals surface area contributed by atoms with Gasteiger partial charge in [-0.25, -0.2) is 4.39 Å². The van der Waals surface area contributed by atoms with Crippen LogP contribution in [0.2, 0.25) is 0 Å². The standard InChI is InChI=1S/C17H10F2N2O4/c18-11-3-1-10(2-4-11)15-7-8-16(25-15)17(22)20-12-5-6-13(19)14(9-12)21(23)24/h1-9H,(H,20,22). The normalized spacial score (nSPS) is 10.5. The summed E-state index contributed by atoms with van der Waals surface area (Å²) in [5.74, 6) is -1.75. The second-order valence-corrected chi connectivity index (χ2v) is 5.05. The van der Waals surface area contributed by atoms with E-state index in [-0.39, 0.29) is 11.4 Å². The maximum absolute atomic E-state index is 13.3. The fourth-order valence-electron chi connectivity index (χ4n) is 2.15. The molecule has 0 bridgehead atoms. The molecule has 1 N–H and O–H groups in total. The van der Waals surface area contributed by atoms with Crippen molar-refractivity contribution in [1.82, 2.24) is 0 Å². The number of carbonyl (C=O) groups excluding carboxylic acids is 1. The number of furan rings is 1. The van der Waals surface area contributed by atoms with E-state index in [1.807, 2.05) is 0 Å².